The van der Waals surface area contributed by atoms with Gasteiger partial charge in [-0.1, -0.05) is 0 Å². The number of alkyl halides is 3. The molecule has 0 spiro atoms. The molecule has 0 atom stereocenters. The first-order valence-electron chi connectivity index (χ1n) is 5.25. The van der Waals surface area contributed by atoms with E-state index in [4.69, 9.17) is 10.5 Å². The molecular weight excluding hydrogens is 237 g/mol. The summed E-state index contributed by atoms with van der Waals surface area (Å²) in [5.41, 5.74) is -1.03. The van der Waals surface area contributed by atoms with Gasteiger partial charge >= 0.3 is 12.1 Å². The predicted molar refractivity (Wildman–Crippen MR) is 53.7 cm³/mol. The van der Waals surface area contributed by atoms with Crippen molar-refractivity contribution < 1.29 is 28.4 Å². The molecule has 4 N–H and O–H groups in total. The first kappa shape index (κ1) is 13.7. The van der Waals surface area contributed by atoms with E-state index < -0.39 is 17.9 Å². The van der Waals surface area contributed by atoms with Crippen molar-refractivity contribution in [3.63, 3.8) is 0 Å². The molecule has 1 rings (SSSR count). The molecule has 1 aliphatic carbocycles. The zero-order valence-corrected chi connectivity index (χ0v) is 9.10. The highest BCUT2D eigenvalue weighted by Gasteiger charge is 2.39. The van der Waals surface area contributed by atoms with Crippen molar-refractivity contribution in [3.8, 4) is 0 Å². The Labute approximate surface area is 96.0 Å². The molecule has 0 unspecified atom stereocenters. The number of hydrogen-bond acceptors (Lipinski definition) is 2. The molecular formula is C10H14F3N2O2+. The molecule has 0 bridgehead atoms. The number of quaternary nitrogens is 1. The minimum absolute atomic E-state index is 0.0509. The summed E-state index contributed by atoms with van der Waals surface area (Å²) in [5, 5.41) is 16.9. The van der Waals surface area contributed by atoms with E-state index in [1.165, 1.54) is 5.32 Å². The fourth-order valence-electron chi connectivity index (χ4n) is 1.82. The number of halogens is 3. The molecule has 1 aliphatic rings. The SMILES string of the molecule is N=C(C1=C([NH2+]CC(=O)O)CCCC1)C(F)(F)F. The van der Waals surface area contributed by atoms with E-state index >= 15 is 0 Å². The molecule has 0 saturated heterocycles. The summed E-state index contributed by atoms with van der Waals surface area (Å²) in [6.07, 6.45) is -2.70. The molecule has 96 valence electrons. The first-order valence-corrected chi connectivity index (χ1v) is 5.25. The van der Waals surface area contributed by atoms with Crippen LogP contribution in [0.4, 0.5) is 13.2 Å². The van der Waals surface area contributed by atoms with Gasteiger partial charge < -0.3 is 10.4 Å². The standard InChI is InChI=1S/C10H13F3N2O2/c11-10(12,13)9(14)6-3-1-2-4-7(6)15-5-8(16)17/h14-15H,1-5H2,(H,16,17)/p+1. The average Bonchev–Trinajstić information content (AvgIpc) is 2.24. The number of carboxylic acids is 1. The topological polar surface area (TPSA) is 77.8 Å². The second-order valence-electron chi connectivity index (χ2n) is 3.89. The van der Waals surface area contributed by atoms with E-state index in [-0.39, 0.29) is 18.5 Å². The Morgan fingerprint density at radius 3 is 2.47 bits per heavy atom. The van der Waals surface area contributed by atoms with Crippen molar-refractivity contribution in [2.24, 2.45) is 0 Å². The van der Waals surface area contributed by atoms with Crippen LogP contribution in [0.15, 0.2) is 11.3 Å². The quantitative estimate of drug-likeness (QED) is 0.653. The summed E-state index contributed by atoms with van der Waals surface area (Å²) in [4.78, 5) is 10.4. The van der Waals surface area contributed by atoms with Gasteiger partial charge in [-0.15, -0.1) is 0 Å². The van der Waals surface area contributed by atoms with Gasteiger partial charge in [0.25, 0.3) is 0 Å². The molecule has 17 heavy (non-hydrogen) atoms. The van der Waals surface area contributed by atoms with Gasteiger partial charge in [0.15, 0.2) is 6.54 Å². The fourth-order valence-corrected chi connectivity index (χ4v) is 1.82. The Kier molecular flexibility index (Phi) is 4.28. The third-order valence-electron chi connectivity index (χ3n) is 2.62. The van der Waals surface area contributed by atoms with Gasteiger partial charge in [0.05, 0.1) is 0 Å². The Balaban J connectivity index is 2.88. The van der Waals surface area contributed by atoms with E-state index in [1.807, 2.05) is 0 Å². The number of aliphatic carboxylic acids is 1. The lowest BCUT2D eigenvalue weighted by Crippen LogP contribution is -2.84. The van der Waals surface area contributed by atoms with Crippen molar-refractivity contribution in [1.29, 1.82) is 5.41 Å². The maximum absolute atomic E-state index is 12.4. The van der Waals surface area contributed by atoms with Crippen molar-refractivity contribution in [2.75, 3.05) is 6.54 Å². The Bertz CT molecular complexity index is 361. The van der Waals surface area contributed by atoms with Crippen LogP contribution in [0.1, 0.15) is 25.7 Å². The molecule has 7 heteroatoms. The van der Waals surface area contributed by atoms with Gasteiger partial charge in [-0.3, -0.25) is 5.41 Å². The third kappa shape index (κ3) is 3.85. The van der Waals surface area contributed by atoms with Crippen LogP contribution in [0.3, 0.4) is 0 Å². The molecule has 0 heterocycles. The smallest absolute Gasteiger partial charge is 0.433 e. The van der Waals surface area contributed by atoms with E-state index in [0.29, 0.717) is 18.5 Å². The number of allylic oxidation sites excluding steroid dienone is 2. The number of nitrogens with one attached hydrogen (secondary N) is 1. The van der Waals surface area contributed by atoms with E-state index in [9.17, 15) is 18.0 Å². The van der Waals surface area contributed by atoms with E-state index in [1.54, 1.807) is 0 Å². The molecule has 0 aromatic rings. The van der Waals surface area contributed by atoms with Crippen LogP contribution < -0.4 is 5.32 Å². The van der Waals surface area contributed by atoms with Gasteiger partial charge in [0, 0.05) is 12.0 Å². The van der Waals surface area contributed by atoms with Gasteiger partial charge in [-0.2, -0.15) is 13.2 Å². The summed E-state index contributed by atoms with van der Waals surface area (Å²) in [5.74, 6) is -1.08. The highest BCUT2D eigenvalue weighted by atomic mass is 19.4. The highest BCUT2D eigenvalue weighted by molar-refractivity contribution is 6.02. The minimum atomic E-state index is -4.66. The Morgan fingerprint density at radius 2 is 1.94 bits per heavy atom. The maximum atomic E-state index is 12.4. The highest BCUT2D eigenvalue weighted by Crippen LogP contribution is 2.28. The lowest BCUT2D eigenvalue weighted by molar-refractivity contribution is -0.599. The molecule has 0 amide bonds. The van der Waals surface area contributed by atoms with Gasteiger partial charge in [-0.25, -0.2) is 4.79 Å². The number of carboxylic acid groups (broad SMARTS) is 1. The summed E-state index contributed by atoms with van der Waals surface area (Å²) in [6.45, 7) is -0.302. The van der Waals surface area contributed by atoms with Crippen LogP contribution in [0, 0.1) is 5.41 Å². The largest absolute Gasteiger partial charge is 0.477 e. The van der Waals surface area contributed by atoms with Crippen LogP contribution in [0.25, 0.3) is 0 Å². The predicted octanol–water partition coefficient (Wildman–Crippen LogP) is 1.04. The lowest BCUT2D eigenvalue weighted by Gasteiger charge is -2.19. The van der Waals surface area contributed by atoms with Crippen LogP contribution >= 0.6 is 0 Å². The Morgan fingerprint density at radius 1 is 1.35 bits per heavy atom. The van der Waals surface area contributed by atoms with Crippen molar-refractivity contribution in [3.05, 3.63) is 11.3 Å². The summed E-state index contributed by atoms with van der Waals surface area (Å²) < 4.78 is 37.3. The molecule has 0 radical (unpaired) electrons. The minimum Gasteiger partial charge on any atom is -0.477 e. The van der Waals surface area contributed by atoms with Gasteiger partial charge in [0.1, 0.15) is 11.4 Å². The second kappa shape index (κ2) is 5.31. The zero-order chi connectivity index (χ0) is 13.1. The van der Waals surface area contributed by atoms with E-state index in [2.05, 4.69) is 0 Å². The summed E-state index contributed by atoms with van der Waals surface area (Å²) in [6, 6.07) is 0. The number of hydrogen-bond donors (Lipinski definition) is 3. The normalized spacial score (nSPS) is 17.1. The zero-order valence-electron chi connectivity index (χ0n) is 9.10. The van der Waals surface area contributed by atoms with Crippen molar-refractivity contribution >= 4 is 11.7 Å². The second-order valence-corrected chi connectivity index (χ2v) is 3.89. The first-order chi connectivity index (χ1) is 7.82. The lowest BCUT2D eigenvalue weighted by atomic mass is 9.92. The molecule has 4 nitrogen and oxygen atoms in total. The van der Waals surface area contributed by atoms with Crippen molar-refractivity contribution in [2.45, 2.75) is 31.9 Å². The monoisotopic (exact) mass is 251 g/mol. The molecule has 0 aromatic heterocycles. The Hall–Kier alpha value is -1.37. The van der Waals surface area contributed by atoms with Crippen LogP contribution in [0.5, 0.6) is 0 Å². The van der Waals surface area contributed by atoms with E-state index in [0.717, 1.165) is 6.42 Å². The maximum Gasteiger partial charge on any atom is 0.433 e. The van der Waals surface area contributed by atoms with Crippen LogP contribution in [-0.2, 0) is 4.79 Å². The van der Waals surface area contributed by atoms with Gasteiger partial charge in [-0.05, 0) is 19.3 Å². The molecule has 0 aromatic carbocycles. The summed E-state index contributed by atoms with van der Waals surface area (Å²) >= 11 is 0. The number of rotatable bonds is 4. The molecule has 0 saturated carbocycles. The third-order valence-corrected chi connectivity index (χ3v) is 2.62. The molecule has 0 fully saturated rings. The number of nitrogens with two attached hydrogens (primary N) is 1. The van der Waals surface area contributed by atoms with Crippen molar-refractivity contribution in [1.82, 2.24) is 0 Å². The van der Waals surface area contributed by atoms with Crippen LogP contribution in [0.2, 0.25) is 0 Å². The van der Waals surface area contributed by atoms with Gasteiger partial charge in [0.2, 0.25) is 0 Å². The number of carbonyl (C=O) groups is 1. The average molecular weight is 251 g/mol. The fraction of sp³-hybridized carbons (Fsp3) is 0.600. The molecule has 0 aliphatic heterocycles. The van der Waals surface area contributed by atoms with Crippen LogP contribution in [-0.4, -0.2) is 29.5 Å². The summed E-state index contributed by atoms with van der Waals surface area (Å²) in [7, 11) is 0.